The summed E-state index contributed by atoms with van der Waals surface area (Å²) in [5.74, 6) is -0.0354. The Morgan fingerprint density at radius 1 is 1.17 bits per heavy atom. The van der Waals surface area contributed by atoms with Crippen LogP contribution in [0.2, 0.25) is 0 Å². The summed E-state index contributed by atoms with van der Waals surface area (Å²) >= 11 is 0. The predicted molar refractivity (Wildman–Crippen MR) is 87.3 cm³/mol. The molecule has 122 valence electrons. The molecule has 24 heavy (non-hydrogen) atoms. The zero-order chi connectivity index (χ0) is 16.9. The summed E-state index contributed by atoms with van der Waals surface area (Å²) in [6, 6.07) is 9.47. The van der Waals surface area contributed by atoms with Crippen LogP contribution in [0.1, 0.15) is 18.3 Å². The quantitative estimate of drug-likeness (QED) is 0.782. The third-order valence-corrected chi connectivity index (χ3v) is 3.43. The molecule has 1 amide bonds. The summed E-state index contributed by atoms with van der Waals surface area (Å²) in [4.78, 5) is 20.2. The summed E-state index contributed by atoms with van der Waals surface area (Å²) in [6.45, 7) is 1.98. The van der Waals surface area contributed by atoms with E-state index in [4.69, 9.17) is 0 Å². The van der Waals surface area contributed by atoms with Gasteiger partial charge in [0.1, 0.15) is 18.0 Å². The van der Waals surface area contributed by atoms with E-state index < -0.39 is 0 Å². The highest BCUT2D eigenvalue weighted by atomic mass is 19.1. The van der Waals surface area contributed by atoms with E-state index in [1.165, 1.54) is 18.5 Å². The zero-order valence-electron chi connectivity index (χ0n) is 13.1. The Morgan fingerprint density at radius 3 is 2.71 bits per heavy atom. The number of amides is 1. The van der Waals surface area contributed by atoms with Crippen LogP contribution in [0.15, 0.2) is 48.9 Å². The van der Waals surface area contributed by atoms with Crippen LogP contribution >= 0.6 is 0 Å². The van der Waals surface area contributed by atoms with E-state index in [1.807, 2.05) is 6.92 Å². The fourth-order valence-electron chi connectivity index (χ4n) is 2.20. The molecule has 0 unspecified atom stereocenters. The molecule has 0 radical (unpaired) electrons. The maximum absolute atomic E-state index is 12.9. The molecule has 2 aromatic heterocycles. The second-order valence-corrected chi connectivity index (χ2v) is 5.20. The van der Waals surface area contributed by atoms with E-state index in [1.54, 1.807) is 35.1 Å². The first-order chi connectivity index (χ1) is 11.6. The van der Waals surface area contributed by atoms with Crippen LogP contribution in [-0.4, -0.2) is 25.7 Å². The molecule has 0 fully saturated rings. The van der Waals surface area contributed by atoms with Gasteiger partial charge in [-0.1, -0.05) is 6.92 Å². The predicted octanol–water partition coefficient (Wildman–Crippen LogP) is 2.55. The fourth-order valence-corrected chi connectivity index (χ4v) is 2.20. The lowest BCUT2D eigenvalue weighted by Gasteiger charge is -2.04. The van der Waals surface area contributed by atoms with Crippen molar-refractivity contribution in [3.63, 3.8) is 0 Å². The number of aromatic nitrogens is 4. The van der Waals surface area contributed by atoms with Crippen molar-refractivity contribution >= 4 is 11.7 Å². The van der Waals surface area contributed by atoms with Crippen molar-refractivity contribution in [2.45, 2.75) is 19.8 Å². The van der Waals surface area contributed by atoms with Gasteiger partial charge in [-0.3, -0.25) is 4.79 Å². The van der Waals surface area contributed by atoms with Crippen LogP contribution in [0.5, 0.6) is 0 Å². The fraction of sp³-hybridized carbons (Fsp3) is 0.176. The van der Waals surface area contributed by atoms with E-state index in [-0.39, 0.29) is 18.1 Å². The second kappa shape index (κ2) is 6.99. The Morgan fingerprint density at radius 2 is 1.96 bits per heavy atom. The summed E-state index contributed by atoms with van der Waals surface area (Å²) in [6.07, 6.45) is 4.06. The number of benzene rings is 1. The highest BCUT2D eigenvalue weighted by Gasteiger charge is 2.09. The van der Waals surface area contributed by atoms with Crippen LogP contribution < -0.4 is 5.32 Å². The van der Waals surface area contributed by atoms with E-state index >= 15 is 0 Å². The number of nitrogens with zero attached hydrogens (tertiary/aromatic N) is 4. The largest absolute Gasteiger partial charge is 0.310 e. The van der Waals surface area contributed by atoms with E-state index in [2.05, 4.69) is 20.4 Å². The van der Waals surface area contributed by atoms with E-state index in [9.17, 15) is 9.18 Å². The molecule has 0 bridgehead atoms. The number of carbonyl (C=O) groups excluding carboxylic acids is 1. The number of hydrogen-bond donors (Lipinski definition) is 1. The van der Waals surface area contributed by atoms with Crippen LogP contribution in [-0.2, 0) is 17.6 Å². The van der Waals surface area contributed by atoms with Crippen LogP contribution in [0.3, 0.4) is 0 Å². The molecule has 0 saturated heterocycles. The molecule has 3 rings (SSSR count). The Bertz CT molecular complexity index is 844. The molecule has 0 saturated carbocycles. The Balaban J connectivity index is 1.65. The third-order valence-electron chi connectivity index (χ3n) is 3.43. The lowest BCUT2D eigenvalue weighted by molar-refractivity contribution is -0.115. The smallest absolute Gasteiger partial charge is 0.231 e. The summed E-state index contributed by atoms with van der Waals surface area (Å²) in [5, 5.41) is 7.06. The molecule has 1 N–H and O–H groups in total. The average Bonchev–Trinajstić information content (AvgIpc) is 3.04. The second-order valence-electron chi connectivity index (χ2n) is 5.20. The number of rotatable bonds is 5. The van der Waals surface area contributed by atoms with E-state index in [0.717, 1.165) is 17.8 Å². The molecule has 3 aromatic rings. The van der Waals surface area contributed by atoms with Gasteiger partial charge in [-0.2, -0.15) is 5.10 Å². The summed E-state index contributed by atoms with van der Waals surface area (Å²) in [5.41, 5.74) is 2.20. The van der Waals surface area contributed by atoms with E-state index in [0.29, 0.717) is 11.5 Å². The monoisotopic (exact) mass is 325 g/mol. The molecule has 7 heteroatoms. The van der Waals surface area contributed by atoms with Gasteiger partial charge >= 0.3 is 0 Å². The van der Waals surface area contributed by atoms with Crippen molar-refractivity contribution in [2.24, 2.45) is 0 Å². The first-order valence-electron chi connectivity index (χ1n) is 7.55. The van der Waals surface area contributed by atoms with Crippen molar-refractivity contribution < 1.29 is 9.18 Å². The van der Waals surface area contributed by atoms with Crippen molar-refractivity contribution in [1.82, 2.24) is 19.7 Å². The first-order valence-corrected chi connectivity index (χ1v) is 7.55. The van der Waals surface area contributed by atoms with Crippen LogP contribution in [0.4, 0.5) is 10.2 Å². The molecule has 2 heterocycles. The topological polar surface area (TPSA) is 72.7 Å². The lowest BCUT2D eigenvalue weighted by Crippen LogP contribution is -2.16. The standard InChI is InChI=1S/C17H16FN5O/c1-2-13-9-16(20-11-19-13)21-17(24)10-14-7-8-23(22-14)15-5-3-12(18)4-6-15/h3-9,11H,2,10H2,1H3,(H,19,20,21,24). The molecule has 0 spiro atoms. The number of hydrogen-bond acceptors (Lipinski definition) is 4. The Kier molecular flexibility index (Phi) is 4.60. The van der Waals surface area contributed by atoms with Gasteiger partial charge in [0.15, 0.2) is 0 Å². The Hall–Kier alpha value is -3.09. The van der Waals surface area contributed by atoms with Crippen molar-refractivity contribution in [3.05, 3.63) is 66.1 Å². The van der Waals surface area contributed by atoms with Gasteiger partial charge in [0.05, 0.1) is 17.8 Å². The van der Waals surface area contributed by atoms with Crippen LogP contribution in [0.25, 0.3) is 5.69 Å². The maximum Gasteiger partial charge on any atom is 0.231 e. The first kappa shape index (κ1) is 15.8. The van der Waals surface area contributed by atoms with Gasteiger partial charge in [0.2, 0.25) is 5.91 Å². The van der Waals surface area contributed by atoms with Crippen molar-refractivity contribution in [3.8, 4) is 5.69 Å². The normalized spacial score (nSPS) is 10.6. The number of nitrogens with one attached hydrogen (secondary N) is 1. The zero-order valence-corrected chi connectivity index (χ0v) is 13.1. The van der Waals surface area contributed by atoms with Gasteiger partial charge in [0, 0.05) is 18.0 Å². The van der Waals surface area contributed by atoms with Gasteiger partial charge in [-0.05, 0) is 36.8 Å². The minimum Gasteiger partial charge on any atom is -0.310 e. The molecule has 0 aliphatic heterocycles. The highest BCUT2D eigenvalue weighted by Crippen LogP contribution is 2.10. The molecule has 0 atom stereocenters. The highest BCUT2D eigenvalue weighted by molar-refractivity contribution is 5.91. The van der Waals surface area contributed by atoms with Gasteiger partial charge in [0.25, 0.3) is 0 Å². The SMILES string of the molecule is CCc1cc(NC(=O)Cc2ccn(-c3ccc(F)cc3)n2)ncn1. The number of aryl methyl sites for hydroxylation is 1. The third kappa shape index (κ3) is 3.81. The number of anilines is 1. The van der Waals surface area contributed by atoms with Crippen molar-refractivity contribution in [2.75, 3.05) is 5.32 Å². The molecular formula is C17H16FN5O. The van der Waals surface area contributed by atoms with Gasteiger partial charge < -0.3 is 5.32 Å². The Labute approximate surface area is 138 Å². The van der Waals surface area contributed by atoms with Gasteiger partial charge in [-0.15, -0.1) is 0 Å². The number of halogens is 1. The lowest BCUT2D eigenvalue weighted by atomic mass is 10.3. The summed E-state index contributed by atoms with van der Waals surface area (Å²) in [7, 11) is 0. The minimum atomic E-state index is -0.304. The molecule has 6 nitrogen and oxygen atoms in total. The minimum absolute atomic E-state index is 0.125. The molecule has 1 aromatic carbocycles. The molecular weight excluding hydrogens is 309 g/mol. The number of carbonyl (C=O) groups is 1. The summed E-state index contributed by atoms with van der Waals surface area (Å²) < 4.78 is 14.5. The van der Waals surface area contributed by atoms with Crippen LogP contribution in [0, 0.1) is 5.82 Å². The average molecular weight is 325 g/mol. The maximum atomic E-state index is 12.9. The van der Waals surface area contributed by atoms with Crippen molar-refractivity contribution in [1.29, 1.82) is 0 Å². The van der Waals surface area contributed by atoms with Gasteiger partial charge in [-0.25, -0.2) is 19.0 Å². The molecule has 0 aliphatic rings. The molecule has 0 aliphatic carbocycles.